The van der Waals surface area contributed by atoms with Crippen molar-refractivity contribution >= 4 is 17.7 Å². The third kappa shape index (κ3) is 2.67. The molecule has 0 aliphatic carbocycles. The van der Waals surface area contributed by atoms with Crippen molar-refractivity contribution in [3.63, 3.8) is 0 Å². The molecule has 0 aliphatic heterocycles. The second-order valence-electron chi connectivity index (χ2n) is 3.87. The van der Waals surface area contributed by atoms with Crippen LogP contribution in [0.15, 0.2) is 29.4 Å². The fourth-order valence-electron chi connectivity index (χ4n) is 1.32. The van der Waals surface area contributed by atoms with Crippen molar-refractivity contribution in [1.29, 1.82) is 0 Å². The summed E-state index contributed by atoms with van der Waals surface area (Å²) in [6.45, 7) is 3.73. The van der Waals surface area contributed by atoms with Crippen LogP contribution in [0.25, 0.3) is 5.69 Å². The SMILES string of the molecule is Cc1ccc(-n2nnnc2SC(C)C(N)=O)cc1. The monoisotopic (exact) mass is 263 g/mol. The van der Waals surface area contributed by atoms with Crippen molar-refractivity contribution in [3.05, 3.63) is 29.8 Å². The summed E-state index contributed by atoms with van der Waals surface area (Å²) in [6, 6.07) is 7.79. The van der Waals surface area contributed by atoms with E-state index in [2.05, 4.69) is 15.5 Å². The number of nitrogens with zero attached hydrogens (tertiary/aromatic N) is 4. The summed E-state index contributed by atoms with van der Waals surface area (Å²) in [4.78, 5) is 11.0. The van der Waals surface area contributed by atoms with Crippen LogP contribution in [-0.4, -0.2) is 31.4 Å². The number of amides is 1. The Morgan fingerprint density at radius 3 is 2.67 bits per heavy atom. The molecule has 6 nitrogen and oxygen atoms in total. The average Bonchev–Trinajstić information content (AvgIpc) is 2.78. The predicted molar refractivity (Wildman–Crippen MR) is 68.4 cm³/mol. The Morgan fingerprint density at radius 1 is 1.39 bits per heavy atom. The molecule has 2 rings (SSSR count). The number of aromatic nitrogens is 4. The van der Waals surface area contributed by atoms with Gasteiger partial charge in [-0.25, -0.2) is 0 Å². The van der Waals surface area contributed by atoms with Crippen LogP contribution in [-0.2, 0) is 4.79 Å². The molecule has 1 aromatic carbocycles. The summed E-state index contributed by atoms with van der Waals surface area (Å²) in [6.07, 6.45) is 0. The van der Waals surface area contributed by atoms with Crippen LogP contribution >= 0.6 is 11.8 Å². The summed E-state index contributed by atoms with van der Waals surface area (Å²) in [5.41, 5.74) is 7.23. The summed E-state index contributed by atoms with van der Waals surface area (Å²) < 4.78 is 1.59. The van der Waals surface area contributed by atoms with E-state index in [-0.39, 0.29) is 5.25 Å². The van der Waals surface area contributed by atoms with Gasteiger partial charge in [0.2, 0.25) is 11.1 Å². The van der Waals surface area contributed by atoms with Crippen LogP contribution in [0.5, 0.6) is 0 Å². The molecule has 1 atom stereocenters. The highest BCUT2D eigenvalue weighted by Gasteiger charge is 2.16. The van der Waals surface area contributed by atoms with E-state index in [4.69, 9.17) is 5.73 Å². The molecule has 94 valence electrons. The van der Waals surface area contributed by atoms with Crippen LogP contribution in [0.2, 0.25) is 0 Å². The first kappa shape index (κ1) is 12.6. The molecule has 0 saturated carbocycles. The van der Waals surface area contributed by atoms with Gasteiger partial charge >= 0.3 is 0 Å². The number of primary amides is 1. The maximum atomic E-state index is 11.0. The lowest BCUT2D eigenvalue weighted by Gasteiger charge is -2.07. The number of nitrogens with two attached hydrogens (primary N) is 1. The minimum absolute atomic E-state index is 0.375. The Kier molecular flexibility index (Phi) is 3.61. The molecule has 0 spiro atoms. The van der Waals surface area contributed by atoms with Gasteiger partial charge in [0.15, 0.2) is 0 Å². The average molecular weight is 263 g/mol. The lowest BCUT2D eigenvalue weighted by molar-refractivity contribution is -0.117. The van der Waals surface area contributed by atoms with Gasteiger partial charge < -0.3 is 5.73 Å². The lowest BCUT2D eigenvalue weighted by atomic mass is 10.2. The zero-order valence-corrected chi connectivity index (χ0v) is 10.9. The number of hydrogen-bond acceptors (Lipinski definition) is 5. The van der Waals surface area contributed by atoms with E-state index in [1.807, 2.05) is 31.2 Å². The van der Waals surface area contributed by atoms with E-state index in [1.165, 1.54) is 11.8 Å². The third-order valence-corrected chi connectivity index (χ3v) is 3.45. The van der Waals surface area contributed by atoms with Crippen LogP contribution in [0.1, 0.15) is 12.5 Å². The second-order valence-corrected chi connectivity index (χ2v) is 5.18. The van der Waals surface area contributed by atoms with Crippen molar-refractivity contribution in [2.75, 3.05) is 0 Å². The second kappa shape index (κ2) is 5.18. The number of aryl methyl sites for hydroxylation is 1. The number of tetrazole rings is 1. The maximum Gasteiger partial charge on any atom is 0.230 e. The molecule has 2 N–H and O–H groups in total. The number of carbonyl (C=O) groups is 1. The van der Waals surface area contributed by atoms with Crippen molar-refractivity contribution in [3.8, 4) is 5.69 Å². The van der Waals surface area contributed by atoms with Gasteiger partial charge in [-0.15, -0.1) is 5.10 Å². The van der Waals surface area contributed by atoms with E-state index in [9.17, 15) is 4.79 Å². The molecule has 7 heteroatoms. The van der Waals surface area contributed by atoms with Crippen LogP contribution in [0.4, 0.5) is 0 Å². The first-order chi connectivity index (χ1) is 8.58. The zero-order valence-electron chi connectivity index (χ0n) is 10.1. The molecule has 1 aromatic heterocycles. The fraction of sp³-hybridized carbons (Fsp3) is 0.273. The highest BCUT2D eigenvalue weighted by atomic mass is 32.2. The Balaban J connectivity index is 2.27. The number of thioether (sulfide) groups is 1. The topological polar surface area (TPSA) is 86.7 Å². The van der Waals surface area contributed by atoms with E-state index in [0.717, 1.165) is 11.3 Å². The molecule has 0 radical (unpaired) electrons. The predicted octanol–water partition coefficient (Wildman–Crippen LogP) is 0.937. The number of carbonyl (C=O) groups excluding carboxylic acids is 1. The molecule has 0 bridgehead atoms. The van der Waals surface area contributed by atoms with Crippen molar-refractivity contribution in [1.82, 2.24) is 20.2 Å². The Hall–Kier alpha value is -1.89. The van der Waals surface area contributed by atoms with Gasteiger partial charge in [0, 0.05) is 0 Å². The van der Waals surface area contributed by atoms with Gasteiger partial charge in [0.25, 0.3) is 0 Å². The molecule has 1 heterocycles. The van der Waals surface area contributed by atoms with Crippen LogP contribution < -0.4 is 5.73 Å². The largest absolute Gasteiger partial charge is 0.369 e. The molecule has 2 aromatic rings. The number of hydrogen-bond donors (Lipinski definition) is 1. The molecular formula is C11H13N5OS. The quantitative estimate of drug-likeness (QED) is 0.829. The van der Waals surface area contributed by atoms with Gasteiger partial charge in [0.1, 0.15) is 0 Å². The number of benzene rings is 1. The van der Waals surface area contributed by atoms with Crippen molar-refractivity contribution < 1.29 is 4.79 Å². The molecular weight excluding hydrogens is 250 g/mol. The molecule has 0 aliphatic rings. The summed E-state index contributed by atoms with van der Waals surface area (Å²) in [7, 11) is 0. The normalized spacial score (nSPS) is 12.3. The summed E-state index contributed by atoms with van der Waals surface area (Å²) >= 11 is 1.24. The molecule has 18 heavy (non-hydrogen) atoms. The van der Waals surface area contributed by atoms with E-state index < -0.39 is 5.91 Å². The summed E-state index contributed by atoms with van der Waals surface area (Å²) in [5, 5.41) is 11.6. The first-order valence-corrected chi connectivity index (χ1v) is 6.27. The summed E-state index contributed by atoms with van der Waals surface area (Å²) in [5.74, 6) is -0.390. The molecule has 0 fully saturated rings. The highest BCUT2D eigenvalue weighted by Crippen LogP contribution is 2.22. The minimum atomic E-state index is -0.390. The zero-order chi connectivity index (χ0) is 13.1. The van der Waals surface area contributed by atoms with Crippen molar-refractivity contribution in [2.24, 2.45) is 5.73 Å². The van der Waals surface area contributed by atoms with E-state index in [1.54, 1.807) is 11.6 Å². The van der Waals surface area contributed by atoms with Gasteiger partial charge in [-0.1, -0.05) is 29.5 Å². The Bertz CT molecular complexity index is 551. The Labute approximate surface area is 109 Å². The third-order valence-electron chi connectivity index (χ3n) is 2.40. The number of rotatable bonds is 4. The smallest absolute Gasteiger partial charge is 0.230 e. The van der Waals surface area contributed by atoms with E-state index in [0.29, 0.717) is 5.16 Å². The molecule has 1 amide bonds. The first-order valence-electron chi connectivity index (χ1n) is 5.39. The fourth-order valence-corrected chi connectivity index (χ4v) is 2.07. The Morgan fingerprint density at radius 2 is 2.06 bits per heavy atom. The maximum absolute atomic E-state index is 11.0. The highest BCUT2D eigenvalue weighted by molar-refractivity contribution is 8.00. The molecule has 1 unspecified atom stereocenters. The standard InChI is InChI=1S/C11H13N5OS/c1-7-3-5-9(6-4-7)16-11(13-14-15-16)18-8(2)10(12)17/h3-6,8H,1-2H3,(H2,12,17). The van der Waals surface area contributed by atoms with E-state index >= 15 is 0 Å². The van der Waals surface area contributed by atoms with Crippen LogP contribution in [0.3, 0.4) is 0 Å². The minimum Gasteiger partial charge on any atom is -0.369 e. The van der Waals surface area contributed by atoms with Gasteiger partial charge in [0.05, 0.1) is 10.9 Å². The van der Waals surface area contributed by atoms with Gasteiger partial charge in [-0.2, -0.15) is 4.68 Å². The lowest BCUT2D eigenvalue weighted by Crippen LogP contribution is -2.23. The van der Waals surface area contributed by atoms with Gasteiger partial charge in [-0.3, -0.25) is 4.79 Å². The van der Waals surface area contributed by atoms with Crippen LogP contribution in [0, 0.1) is 6.92 Å². The van der Waals surface area contributed by atoms with Crippen molar-refractivity contribution in [2.45, 2.75) is 24.3 Å². The van der Waals surface area contributed by atoms with Gasteiger partial charge in [-0.05, 0) is 36.4 Å². The molecule has 0 saturated heterocycles.